The lowest BCUT2D eigenvalue weighted by molar-refractivity contribution is -0.121. The molecule has 9 nitrogen and oxygen atoms in total. The van der Waals surface area contributed by atoms with Crippen LogP contribution in [0.1, 0.15) is 206 Å². The van der Waals surface area contributed by atoms with Gasteiger partial charge < -0.3 is 15.7 Å². The molecule has 0 rings (SSSR count). The van der Waals surface area contributed by atoms with Crippen molar-refractivity contribution in [1.82, 2.24) is 10.6 Å². The van der Waals surface area contributed by atoms with Gasteiger partial charge in [-0.2, -0.15) is 8.42 Å². The summed E-state index contributed by atoms with van der Waals surface area (Å²) in [5.41, 5.74) is -1.57. The third-order valence-corrected chi connectivity index (χ3v) is 10.6. The highest BCUT2D eigenvalue weighted by molar-refractivity contribution is 7.81. The van der Waals surface area contributed by atoms with Gasteiger partial charge in [0.2, 0.25) is 11.8 Å². The van der Waals surface area contributed by atoms with Crippen molar-refractivity contribution in [2.24, 2.45) is 0 Å². The lowest BCUT2D eigenvalue weighted by Crippen LogP contribution is -2.42. The Labute approximate surface area is 326 Å². The fourth-order valence-corrected chi connectivity index (χ4v) is 6.72. The lowest BCUT2D eigenvalue weighted by atomic mass is 9.96. The van der Waals surface area contributed by atoms with Crippen molar-refractivity contribution in [3.05, 3.63) is 24.3 Å². The maximum Gasteiger partial charge on any atom is 0.399 e. The van der Waals surface area contributed by atoms with Crippen LogP contribution in [0, 0.1) is 0 Å². The molecule has 0 aromatic rings. The minimum Gasteiger partial charge on any atom is -0.387 e. The standard InChI is InChI=1S/C43H82N2O7S/c1-4-6-8-10-12-14-16-18-20-22-24-26-28-30-32-34-41(46)44-38-36-43(48,40-52-53(49,50)51-3)37-39-45-42(47)35-33-31-29-27-25-23-21-19-17-15-13-11-9-7-5-2/h18-21,48H,4-17,22-40H2,1-3H3,(H,44,46)(H,45,47)/b20-18-,21-19-. The van der Waals surface area contributed by atoms with Crippen molar-refractivity contribution in [1.29, 1.82) is 0 Å². The minimum absolute atomic E-state index is 0.0778. The second-order valence-corrected chi connectivity index (χ2v) is 16.3. The van der Waals surface area contributed by atoms with E-state index < -0.39 is 22.6 Å². The summed E-state index contributed by atoms with van der Waals surface area (Å²) in [6, 6.07) is 0. The Morgan fingerprint density at radius 3 is 1.21 bits per heavy atom. The average Bonchev–Trinajstić information content (AvgIpc) is 3.14. The average molecular weight is 771 g/mol. The fraction of sp³-hybridized carbons (Fsp3) is 0.860. The number of carbonyl (C=O) groups is 2. The summed E-state index contributed by atoms with van der Waals surface area (Å²) in [6.07, 6.45) is 41.4. The van der Waals surface area contributed by atoms with E-state index in [1.807, 2.05) is 0 Å². The Morgan fingerprint density at radius 1 is 0.547 bits per heavy atom. The molecular weight excluding hydrogens is 689 g/mol. The Balaban J connectivity index is 4.12. The highest BCUT2D eigenvalue weighted by Crippen LogP contribution is 2.18. The predicted molar refractivity (Wildman–Crippen MR) is 221 cm³/mol. The molecule has 0 aromatic heterocycles. The molecule has 0 spiro atoms. The third-order valence-electron chi connectivity index (χ3n) is 9.83. The van der Waals surface area contributed by atoms with Gasteiger partial charge in [-0.05, 0) is 77.0 Å². The molecule has 0 aromatic carbocycles. The van der Waals surface area contributed by atoms with Gasteiger partial charge in [0.25, 0.3) is 0 Å². The summed E-state index contributed by atoms with van der Waals surface area (Å²) in [5, 5.41) is 16.8. The molecular formula is C43H82N2O7S. The first-order valence-corrected chi connectivity index (χ1v) is 23.0. The first kappa shape index (κ1) is 51.2. The Hall–Kier alpha value is -1.75. The van der Waals surface area contributed by atoms with Gasteiger partial charge in [-0.3, -0.25) is 13.8 Å². The van der Waals surface area contributed by atoms with Gasteiger partial charge in [-0.15, -0.1) is 0 Å². The molecule has 0 unspecified atom stereocenters. The van der Waals surface area contributed by atoms with Gasteiger partial charge in [0, 0.05) is 25.9 Å². The maximum absolute atomic E-state index is 12.4. The van der Waals surface area contributed by atoms with E-state index in [4.69, 9.17) is 4.18 Å². The van der Waals surface area contributed by atoms with Crippen molar-refractivity contribution >= 4 is 22.2 Å². The van der Waals surface area contributed by atoms with Crippen LogP contribution in [0.15, 0.2) is 24.3 Å². The summed E-state index contributed by atoms with van der Waals surface area (Å²) in [4.78, 5) is 24.8. The molecule has 0 bridgehead atoms. The van der Waals surface area contributed by atoms with E-state index in [1.54, 1.807) is 0 Å². The number of amides is 2. The Morgan fingerprint density at radius 2 is 0.868 bits per heavy atom. The molecule has 2 amide bonds. The van der Waals surface area contributed by atoms with Crippen LogP contribution in [0.4, 0.5) is 0 Å². The van der Waals surface area contributed by atoms with Crippen LogP contribution in [0.5, 0.6) is 0 Å². The fourth-order valence-electron chi connectivity index (χ4n) is 6.26. The van der Waals surface area contributed by atoms with E-state index in [0.29, 0.717) is 12.8 Å². The van der Waals surface area contributed by atoms with E-state index >= 15 is 0 Å². The normalized spacial score (nSPS) is 12.3. The minimum atomic E-state index is -4.24. The zero-order valence-corrected chi connectivity index (χ0v) is 35.3. The number of unbranched alkanes of at least 4 members (excludes halogenated alkanes) is 22. The summed E-state index contributed by atoms with van der Waals surface area (Å²) >= 11 is 0. The molecule has 53 heavy (non-hydrogen) atoms. The van der Waals surface area contributed by atoms with Crippen LogP contribution < -0.4 is 10.6 Å². The van der Waals surface area contributed by atoms with Gasteiger partial charge in [0.15, 0.2) is 0 Å². The summed E-state index contributed by atoms with van der Waals surface area (Å²) in [5.74, 6) is -0.188. The molecule has 0 fully saturated rings. The first-order valence-electron chi connectivity index (χ1n) is 21.7. The van der Waals surface area contributed by atoms with Crippen molar-refractivity contribution in [3.8, 4) is 0 Å². The molecule has 0 atom stereocenters. The molecule has 0 saturated carbocycles. The number of hydrogen-bond acceptors (Lipinski definition) is 7. The van der Waals surface area contributed by atoms with Gasteiger partial charge >= 0.3 is 10.4 Å². The van der Waals surface area contributed by atoms with Crippen molar-refractivity contribution in [2.75, 3.05) is 26.8 Å². The van der Waals surface area contributed by atoms with Crippen molar-refractivity contribution in [2.45, 2.75) is 212 Å². The Bertz CT molecular complexity index is 958. The smallest absolute Gasteiger partial charge is 0.387 e. The molecule has 0 saturated heterocycles. The molecule has 10 heteroatoms. The highest BCUT2D eigenvalue weighted by Gasteiger charge is 2.30. The Kier molecular flexibility index (Phi) is 36.0. The molecule has 0 aliphatic carbocycles. The summed E-state index contributed by atoms with van der Waals surface area (Å²) in [6.45, 7) is 4.30. The molecule has 3 N–H and O–H groups in total. The number of nitrogens with one attached hydrogen (secondary N) is 2. The van der Waals surface area contributed by atoms with E-state index in [9.17, 15) is 23.1 Å². The van der Waals surface area contributed by atoms with E-state index in [-0.39, 0.29) is 37.7 Å². The van der Waals surface area contributed by atoms with Crippen molar-refractivity contribution < 1.29 is 31.5 Å². The largest absolute Gasteiger partial charge is 0.399 e. The van der Waals surface area contributed by atoms with Crippen LogP contribution in [-0.2, 0) is 28.4 Å². The molecule has 0 radical (unpaired) electrons. The number of carbonyl (C=O) groups excluding carboxylic acids is 2. The van der Waals surface area contributed by atoms with Gasteiger partial charge in [0.1, 0.15) is 0 Å². The lowest BCUT2D eigenvalue weighted by Gasteiger charge is -2.27. The van der Waals surface area contributed by atoms with Crippen LogP contribution in [0.2, 0.25) is 0 Å². The number of hydrogen-bond donors (Lipinski definition) is 3. The van der Waals surface area contributed by atoms with E-state index in [2.05, 4.69) is 53.0 Å². The summed E-state index contributed by atoms with van der Waals surface area (Å²) < 4.78 is 32.7. The zero-order chi connectivity index (χ0) is 39.1. The van der Waals surface area contributed by atoms with Gasteiger partial charge in [-0.25, -0.2) is 4.18 Å². The molecule has 0 aliphatic heterocycles. The van der Waals surface area contributed by atoms with Gasteiger partial charge in [0.05, 0.1) is 19.3 Å². The van der Waals surface area contributed by atoms with Crippen LogP contribution in [-0.4, -0.2) is 57.7 Å². The highest BCUT2D eigenvalue weighted by atomic mass is 32.3. The maximum atomic E-state index is 12.4. The van der Waals surface area contributed by atoms with E-state index in [0.717, 1.165) is 71.3 Å². The van der Waals surface area contributed by atoms with Crippen LogP contribution in [0.25, 0.3) is 0 Å². The molecule has 0 heterocycles. The first-order chi connectivity index (χ1) is 25.7. The monoisotopic (exact) mass is 771 g/mol. The zero-order valence-electron chi connectivity index (χ0n) is 34.4. The quantitative estimate of drug-likeness (QED) is 0.0417. The van der Waals surface area contributed by atoms with Gasteiger partial charge in [-0.1, -0.05) is 141 Å². The van der Waals surface area contributed by atoms with Crippen molar-refractivity contribution in [3.63, 3.8) is 0 Å². The SMILES string of the molecule is CCCCCCCC/C=C\CCCCCCCC(=O)NCCC(O)(CCNC(=O)CCCCCCC/C=C\CCCCCCCC)COS(=O)(=O)OC. The second-order valence-electron chi connectivity index (χ2n) is 14.9. The number of aliphatic hydroxyl groups is 1. The topological polar surface area (TPSA) is 131 Å². The second kappa shape index (κ2) is 37.2. The number of allylic oxidation sites excluding steroid dienone is 4. The van der Waals surface area contributed by atoms with Crippen LogP contribution >= 0.6 is 0 Å². The van der Waals surface area contributed by atoms with Crippen LogP contribution in [0.3, 0.4) is 0 Å². The third kappa shape index (κ3) is 37.0. The molecule has 312 valence electrons. The van der Waals surface area contributed by atoms with E-state index in [1.165, 1.54) is 103 Å². The predicted octanol–water partition coefficient (Wildman–Crippen LogP) is 10.7. The molecule has 0 aliphatic rings. The summed E-state index contributed by atoms with van der Waals surface area (Å²) in [7, 11) is -3.26. The number of rotatable bonds is 40.